The van der Waals surface area contributed by atoms with E-state index in [9.17, 15) is 13.6 Å². The van der Waals surface area contributed by atoms with Crippen molar-refractivity contribution in [3.63, 3.8) is 0 Å². The van der Waals surface area contributed by atoms with E-state index in [-0.39, 0.29) is 18.1 Å². The number of hydrogen-bond acceptors (Lipinski definition) is 3. The molecular weight excluding hydrogens is 242 g/mol. The smallest absolute Gasteiger partial charge is 0.262 e. The maximum absolute atomic E-state index is 13.1. The number of rotatable bonds is 2. The van der Waals surface area contributed by atoms with Crippen molar-refractivity contribution in [1.29, 1.82) is 0 Å². The second-order valence-corrected chi connectivity index (χ2v) is 5.21. The standard InChI is InChI=1S/C12H20F2N2O2/c1-3-9-6-16(5-8(2)18-9)11(17)10-4-12(13,14)7-15-10/h8-10,15H,3-7H2,1-2H3. The first kappa shape index (κ1) is 13.7. The van der Waals surface area contributed by atoms with Gasteiger partial charge in [0.25, 0.3) is 5.92 Å². The average Bonchev–Trinajstić information content (AvgIpc) is 2.67. The molecule has 3 unspecified atom stereocenters. The van der Waals surface area contributed by atoms with Crippen LogP contribution in [0.4, 0.5) is 8.78 Å². The summed E-state index contributed by atoms with van der Waals surface area (Å²) in [5.41, 5.74) is 0. The first-order valence-corrected chi connectivity index (χ1v) is 6.47. The van der Waals surface area contributed by atoms with Crippen molar-refractivity contribution in [2.75, 3.05) is 19.6 Å². The first-order valence-electron chi connectivity index (χ1n) is 6.47. The van der Waals surface area contributed by atoms with Crippen molar-refractivity contribution in [2.24, 2.45) is 0 Å². The molecule has 2 saturated heterocycles. The van der Waals surface area contributed by atoms with Gasteiger partial charge in [0.05, 0.1) is 24.8 Å². The van der Waals surface area contributed by atoms with E-state index in [4.69, 9.17) is 4.74 Å². The second-order valence-electron chi connectivity index (χ2n) is 5.21. The van der Waals surface area contributed by atoms with Crippen LogP contribution in [-0.2, 0) is 9.53 Å². The van der Waals surface area contributed by atoms with E-state index in [1.807, 2.05) is 13.8 Å². The fraction of sp³-hybridized carbons (Fsp3) is 0.917. The molecule has 18 heavy (non-hydrogen) atoms. The van der Waals surface area contributed by atoms with Crippen LogP contribution in [0.5, 0.6) is 0 Å². The number of alkyl halides is 2. The summed E-state index contributed by atoms with van der Waals surface area (Å²) in [5, 5.41) is 2.61. The molecule has 0 aromatic rings. The highest BCUT2D eigenvalue weighted by molar-refractivity contribution is 5.82. The highest BCUT2D eigenvalue weighted by Gasteiger charge is 2.44. The summed E-state index contributed by atoms with van der Waals surface area (Å²) in [7, 11) is 0. The lowest BCUT2D eigenvalue weighted by molar-refractivity contribution is -0.146. The highest BCUT2D eigenvalue weighted by atomic mass is 19.3. The Labute approximate surface area is 106 Å². The third kappa shape index (κ3) is 2.98. The minimum atomic E-state index is -2.76. The maximum Gasteiger partial charge on any atom is 0.262 e. The normalized spacial score (nSPS) is 35.8. The van der Waals surface area contributed by atoms with Gasteiger partial charge in [-0.2, -0.15) is 0 Å². The largest absolute Gasteiger partial charge is 0.372 e. The fourth-order valence-electron chi connectivity index (χ4n) is 2.56. The Morgan fingerprint density at radius 2 is 2.22 bits per heavy atom. The van der Waals surface area contributed by atoms with E-state index in [0.717, 1.165) is 6.42 Å². The molecule has 0 spiro atoms. The zero-order valence-electron chi connectivity index (χ0n) is 10.8. The van der Waals surface area contributed by atoms with Crippen LogP contribution in [-0.4, -0.2) is 54.6 Å². The Kier molecular flexibility index (Phi) is 3.87. The lowest BCUT2D eigenvalue weighted by Gasteiger charge is -2.37. The quantitative estimate of drug-likeness (QED) is 0.807. The molecule has 104 valence electrons. The molecule has 0 aliphatic carbocycles. The van der Waals surface area contributed by atoms with Crippen LogP contribution < -0.4 is 5.32 Å². The van der Waals surface area contributed by atoms with Gasteiger partial charge in [0.15, 0.2) is 0 Å². The lowest BCUT2D eigenvalue weighted by Crippen LogP contribution is -2.53. The Morgan fingerprint density at radius 3 is 2.78 bits per heavy atom. The molecule has 3 atom stereocenters. The van der Waals surface area contributed by atoms with E-state index >= 15 is 0 Å². The Hall–Kier alpha value is -0.750. The summed E-state index contributed by atoms with van der Waals surface area (Å²) in [6, 6.07) is -0.747. The number of hydrogen-bond donors (Lipinski definition) is 1. The summed E-state index contributed by atoms with van der Waals surface area (Å²) >= 11 is 0. The Bertz CT molecular complexity index is 325. The van der Waals surface area contributed by atoms with Gasteiger partial charge in [0.2, 0.25) is 5.91 Å². The van der Waals surface area contributed by atoms with Gasteiger partial charge in [-0.25, -0.2) is 8.78 Å². The van der Waals surface area contributed by atoms with Crippen molar-refractivity contribution in [1.82, 2.24) is 10.2 Å². The van der Waals surface area contributed by atoms with Crippen LogP contribution >= 0.6 is 0 Å². The van der Waals surface area contributed by atoms with Gasteiger partial charge >= 0.3 is 0 Å². The molecule has 2 aliphatic rings. The predicted molar refractivity (Wildman–Crippen MR) is 62.6 cm³/mol. The maximum atomic E-state index is 13.1. The van der Waals surface area contributed by atoms with Crippen LogP contribution in [0.3, 0.4) is 0 Å². The monoisotopic (exact) mass is 262 g/mol. The summed E-state index contributed by atoms with van der Waals surface area (Å²) in [6.45, 7) is 4.48. The number of ether oxygens (including phenoxy) is 1. The predicted octanol–water partition coefficient (Wildman–Crippen LogP) is 1.01. The average molecular weight is 262 g/mol. The van der Waals surface area contributed by atoms with Gasteiger partial charge in [-0.3, -0.25) is 10.1 Å². The molecule has 2 fully saturated rings. The van der Waals surface area contributed by atoms with E-state index in [0.29, 0.717) is 13.1 Å². The molecule has 0 saturated carbocycles. The van der Waals surface area contributed by atoms with Crippen LogP contribution in [0.25, 0.3) is 0 Å². The van der Waals surface area contributed by atoms with Crippen molar-refractivity contribution in [3.05, 3.63) is 0 Å². The van der Waals surface area contributed by atoms with Crippen LogP contribution in [0.1, 0.15) is 26.7 Å². The molecule has 0 radical (unpaired) electrons. The molecule has 1 N–H and O–H groups in total. The van der Waals surface area contributed by atoms with E-state index in [1.54, 1.807) is 4.90 Å². The van der Waals surface area contributed by atoms with Crippen LogP contribution in [0, 0.1) is 0 Å². The summed E-state index contributed by atoms with van der Waals surface area (Å²) in [5.74, 6) is -2.98. The number of carbonyl (C=O) groups is 1. The third-order valence-corrected chi connectivity index (χ3v) is 3.50. The van der Waals surface area contributed by atoms with E-state index < -0.39 is 24.9 Å². The third-order valence-electron chi connectivity index (χ3n) is 3.50. The zero-order chi connectivity index (χ0) is 13.3. The molecule has 2 rings (SSSR count). The number of morpholine rings is 1. The van der Waals surface area contributed by atoms with Crippen LogP contribution in [0.2, 0.25) is 0 Å². The molecule has 4 nitrogen and oxygen atoms in total. The number of nitrogens with zero attached hydrogens (tertiary/aromatic N) is 1. The minimum absolute atomic E-state index is 0.0135. The van der Waals surface area contributed by atoms with Gasteiger partial charge in [-0.1, -0.05) is 6.92 Å². The summed E-state index contributed by atoms with van der Waals surface area (Å²) < 4.78 is 31.8. The van der Waals surface area contributed by atoms with Crippen molar-refractivity contribution >= 4 is 5.91 Å². The van der Waals surface area contributed by atoms with E-state index in [2.05, 4.69) is 5.32 Å². The molecule has 0 aromatic heterocycles. The number of nitrogens with one attached hydrogen (secondary N) is 1. The van der Waals surface area contributed by atoms with Gasteiger partial charge in [-0.05, 0) is 13.3 Å². The molecule has 0 bridgehead atoms. The van der Waals surface area contributed by atoms with Crippen molar-refractivity contribution < 1.29 is 18.3 Å². The van der Waals surface area contributed by atoms with Gasteiger partial charge in [0.1, 0.15) is 0 Å². The highest BCUT2D eigenvalue weighted by Crippen LogP contribution is 2.26. The van der Waals surface area contributed by atoms with E-state index in [1.165, 1.54) is 0 Å². The molecule has 2 heterocycles. The van der Waals surface area contributed by atoms with Crippen molar-refractivity contribution in [2.45, 2.75) is 50.9 Å². The first-order chi connectivity index (χ1) is 8.41. The van der Waals surface area contributed by atoms with Gasteiger partial charge in [-0.15, -0.1) is 0 Å². The minimum Gasteiger partial charge on any atom is -0.372 e. The second kappa shape index (κ2) is 5.09. The topological polar surface area (TPSA) is 41.6 Å². The van der Waals surface area contributed by atoms with Crippen LogP contribution in [0.15, 0.2) is 0 Å². The summed E-state index contributed by atoms with van der Waals surface area (Å²) in [4.78, 5) is 13.8. The Morgan fingerprint density at radius 1 is 1.50 bits per heavy atom. The molecular formula is C12H20F2N2O2. The number of amides is 1. The summed E-state index contributed by atoms with van der Waals surface area (Å²) in [6.07, 6.45) is 0.408. The molecule has 2 aliphatic heterocycles. The molecule has 6 heteroatoms. The van der Waals surface area contributed by atoms with Gasteiger partial charge < -0.3 is 9.64 Å². The lowest BCUT2D eigenvalue weighted by atomic mass is 10.1. The van der Waals surface area contributed by atoms with Gasteiger partial charge in [0, 0.05) is 19.5 Å². The van der Waals surface area contributed by atoms with Crippen molar-refractivity contribution in [3.8, 4) is 0 Å². The fourth-order valence-corrected chi connectivity index (χ4v) is 2.56. The number of halogens is 2. The zero-order valence-corrected chi connectivity index (χ0v) is 10.8. The molecule has 1 amide bonds. The number of carbonyl (C=O) groups excluding carboxylic acids is 1. The molecule has 0 aromatic carbocycles. The Balaban J connectivity index is 1.96. The SMILES string of the molecule is CCC1CN(C(=O)C2CC(F)(F)CN2)CC(C)O1.